The number of nitrogens with zero attached hydrogens (tertiary/aromatic N) is 3. The first-order valence-corrected chi connectivity index (χ1v) is 7.70. The quantitative estimate of drug-likeness (QED) is 0.920. The van der Waals surface area contributed by atoms with Crippen molar-refractivity contribution >= 4 is 5.82 Å². The maximum absolute atomic E-state index is 8.83. The van der Waals surface area contributed by atoms with Gasteiger partial charge in [0.15, 0.2) is 0 Å². The molecule has 0 radical (unpaired) electrons. The van der Waals surface area contributed by atoms with Crippen molar-refractivity contribution in [2.24, 2.45) is 5.92 Å². The lowest BCUT2D eigenvalue weighted by molar-refractivity contribution is 0.319. The molecule has 2 aromatic rings. The molecule has 3 rings (SSSR count). The maximum atomic E-state index is 8.83. The largest absolute Gasteiger partial charge is 0.370 e. The van der Waals surface area contributed by atoms with Crippen LogP contribution in [0.5, 0.6) is 0 Å². The Labute approximate surface area is 131 Å². The summed E-state index contributed by atoms with van der Waals surface area (Å²) in [6.07, 6.45) is 3.03. The van der Waals surface area contributed by atoms with E-state index >= 15 is 0 Å². The third-order valence-corrected chi connectivity index (χ3v) is 4.10. The third kappa shape index (κ3) is 3.84. The van der Waals surface area contributed by atoms with E-state index in [1.165, 1.54) is 12.0 Å². The third-order valence-electron chi connectivity index (χ3n) is 4.10. The van der Waals surface area contributed by atoms with E-state index in [1.54, 1.807) is 0 Å². The van der Waals surface area contributed by atoms with E-state index in [4.69, 9.17) is 5.26 Å². The highest BCUT2D eigenvalue weighted by atomic mass is 15.1. The predicted molar refractivity (Wildman–Crippen MR) is 87.3 cm³/mol. The zero-order chi connectivity index (χ0) is 15.2. The van der Waals surface area contributed by atoms with Gasteiger partial charge in [0.1, 0.15) is 5.82 Å². The molecule has 4 heteroatoms. The van der Waals surface area contributed by atoms with Gasteiger partial charge < -0.3 is 5.32 Å². The molecule has 4 nitrogen and oxygen atoms in total. The SMILES string of the molecule is N#Cc1ccc(CN2CC[C@H](CNc3ccccn3)C2)cc1. The average molecular weight is 292 g/mol. The van der Waals surface area contributed by atoms with Crippen molar-refractivity contribution in [2.45, 2.75) is 13.0 Å². The van der Waals surface area contributed by atoms with Crippen molar-refractivity contribution < 1.29 is 0 Å². The lowest BCUT2D eigenvalue weighted by Crippen LogP contribution is -2.22. The lowest BCUT2D eigenvalue weighted by atomic mass is 10.1. The molecule has 1 aromatic carbocycles. The van der Waals surface area contributed by atoms with E-state index in [9.17, 15) is 0 Å². The van der Waals surface area contributed by atoms with Crippen molar-refractivity contribution in [1.29, 1.82) is 5.26 Å². The van der Waals surface area contributed by atoms with E-state index in [1.807, 2.05) is 36.5 Å². The minimum atomic E-state index is 0.667. The van der Waals surface area contributed by atoms with Gasteiger partial charge in [0, 0.05) is 25.8 Å². The Morgan fingerprint density at radius 3 is 2.82 bits per heavy atom. The molecule has 0 amide bonds. The molecule has 1 N–H and O–H groups in total. The van der Waals surface area contributed by atoms with E-state index in [2.05, 4.69) is 33.4 Å². The van der Waals surface area contributed by atoms with Gasteiger partial charge >= 0.3 is 0 Å². The number of aromatic nitrogens is 1. The van der Waals surface area contributed by atoms with Crippen LogP contribution in [-0.4, -0.2) is 29.5 Å². The fourth-order valence-electron chi connectivity index (χ4n) is 2.88. The lowest BCUT2D eigenvalue weighted by Gasteiger charge is -2.16. The molecule has 0 aliphatic carbocycles. The molecule has 2 heterocycles. The number of hydrogen-bond acceptors (Lipinski definition) is 4. The summed E-state index contributed by atoms with van der Waals surface area (Å²) in [6.45, 7) is 4.18. The zero-order valence-corrected chi connectivity index (χ0v) is 12.6. The van der Waals surface area contributed by atoms with Gasteiger partial charge in [-0.05, 0) is 48.7 Å². The first-order chi connectivity index (χ1) is 10.8. The van der Waals surface area contributed by atoms with E-state index in [0.717, 1.165) is 37.6 Å². The van der Waals surface area contributed by atoms with Crippen LogP contribution in [-0.2, 0) is 6.54 Å². The molecule has 1 saturated heterocycles. The monoisotopic (exact) mass is 292 g/mol. The van der Waals surface area contributed by atoms with E-state index in [-0.39, 0.29) is 0 Å². The van der Waals surface area contributed by atoms with Gasteiger partial charge in [0.05, 0.1) is 11.6 Å². The minimum Gasteiger partial charge on any atom is -0.370 e. The minimum absolute atomic E-state index is 0.667. The smallest absolute Gasteiger partial charge is 0.125 e. The fraction of sp³-hybridized carbons (Fsp3) is 0.333. The number of benzene rings is 1. The number of anilines is 1. The van der Waals surface area contributed by atoms with Crippen molar-refractivity contribution in [1.82, 2.24) is 9.88 Å². The van der Waals surface area contributed by atoms with Crippen LogP contribution < -0.4 is 5.32 Å². The fourth-order valence-corrected chi connectivity index (χ4v) is 2.88. The van der Waals surface area contributed by atoms with Gasteiger partial charge in [0.2, 0.25) is 0 Å². The Kier molecular flexibility index (Phi) is 4.67. The van der Waals surface area contributed by atoms with E-state index < -0.39 is 0 Å². The second-order valence-corrected chi connectivity index (χ2v) is 5.79. The Balaban J connectivity index is 1.46. The summed E-state index contributed by atoms with van der Waals surface area (Å²) in [7, 11) is 0. The van der Waals surface area contributed by atoms with Gasteiger partial charge in [-0.2, -0.15) is 5.26 Å². The summed E-state index contributed by atoms with van der Waals surface area (Å²) in [5.74, 6) is 1.62. The van der Waals surface area contributed by atoms with Crippen LogP contribution in [0.15, 0.2) is 48.7 Å². The van der Waals surface area contributed by atoms with Gasteiger partial charge in [-0.3, -0.25) is 4.90 Å². The average Bonchev–Trinajstić information content (AvgIpc) is 3.02. The van der Waals surface area contributed by atoms with Gasteiger partial charge in [-0.1, -0.05) is 18.2 Å². The van der Waals surface area contributed by atoms with Crippen LogP contribution in [0, 0.1) is 17.2 Å². The van der Waals surface area contributed by atoms with Crippen molar-refractivity contribution in [3.05, 3.63) is 59.8 Å². The van der Waals surface area contributed by atoms with Crippen molar-refractivity contribution in [3.63, 3.8) is 0 Å². The molecular formula is C18H20N4. The Hall–Kier alpha value is -2.38. The molecule has 1 aliphatic heterocycles. The second kappa shape index (κ2) is 7.06. The maximum Gasteiger partial charge on any atom is 0.125 e. The van der Waals surface area contributed by atoms with Crippen molar-refractivity contribution in [2.75, 3.05) is 25.0 Å². The highest BCUT2D eigenvalue weighted by molar-refractivity contribution is 5.33. The molecular weight excluding hydrogens is 272 g/mol. The molecule has 0 saturated carbocycles. The number of hydrogen-bond donors (Lipinski definition) is 1. The molecule has 0 unspecified atom stereocenters. The molecule has 1 aromatic heterocycles. The summed E-state index contributed by atoms with van der Waals surface area (Å²) >= 11 is 0. The topological polar surface area (TPSA) is 52.0 Å². The van der Waals surface area contributed by atoms with Crippen LogP contribution in [0.3, 0.4) is 0 Å². The standard InChI is InChI=1S/C18H20N4/c19-11-15-4-6-16(7-5-15)13-22-10-8-17(14-22)12-21-18-3-1-2-9-20-18/h1-7,9,17H,8,10,12-14H2,(H,20,21)/t17-/m1/s1. The molecule has 112 valence electrons. The molecule has 22 heavy (non-hydrogen) atoms. The van der Waals surface area contributed by atoms with Gasteiger partial charge in [-0.15, -0.1) is 0 Å². The van der Waals surface area contributed by atoms with Crippen LogP contribution in [0.25, 0.3) is 0 Å². The first-order valence-electron chi connectivity index (χ1n) is 7.70. The molecule has 1 atom stereocenters. The van der Waals surface area contributed by atoms with Gasteiger partial charge in [-0.25, -0.2) is 4.98 Å². The van der Waals surface area contributed by atoms with Gasteiger partial charge in [0.25, 0.3) is 0 Å². The number of nitriles is 1. The molecule has 0 bridgehead atoms. The summed E-state index contributed by atoms with van der Waals surface area (Å²) in [4.78, 5) is 6.77. The number of pyridine rings is 1. The van der Waals surface area contributed by atoms with E-state index in [0.29, 0.717) is 5.92 Å². The highest BCUT2D eigenvalue weighted by Crippen LogP contribution is 2.19. The number of nitrogens with one attached hydrogen (secondary N) is 1. The highest BCUT2D eigenvalue weighted by Gasteiger charge is 2.22. The normalized spacial score (nSPS) is 18.0. The Morgan fingerprint density at radius 1 is 1.23 bits per heavy atom. The first kappa shape index (κ1) is 14.6. The number of rotatable bonds is 5. The summed E-state index contributed by atoms with van der Waals surface area (Å²) in [5, 5.41) is 12.2. The molecule has 0 spiro atoms. The second-order valence-electron chi connectivity index (χ2n) is 5.79. The van der Waals surface area contributed by atoms with Crippen LogP contribution in [0.4, 0.5) is 5.82 Å². The predicted octanol–water partition coefficient (Wildman–Crippen LogP) is 2.89. The van der Waals surface area contributed by atoms with Crippen molar-refractivity contribution in [3.8, 4) is 6.07 Å². The van der Waals surface area contributed by atoms with Crippen LogP contribution >= 0.6 is 0 Å². The Morgan fingerprint density at radius 2 is 2.09 bits per heavy atom. The van der Waals surface area contributed by atoms with Crippen LogP contribution in [0.2, 0.25) is 0 Å². The zero-order valence-electron chi connectivity index (χ0n) is 12.6. The summed E-state index contributed by atoms with van der Waals surface area (Å²) < 4.78 is 0. The summed E-state index contributed by atoms with van der Waals surface area (Å²) in [6, 6.07) is 16.0. The molecule has 1 aliphatic rings. The number of likely N-dealkylation sites (tertiary alicyclic amines) is 1. The van der Waals surface area contributed by atoms with Crippen LogP contribution in [0.1, 0.15) is 17.5 Å². The molecule has 1 fully saturated rings. The Bertz CT molecular complexity index is 630. The summed E-state index contributed by atoms with van der Waals surface area (Å²) in [5.41, 5.74) is 2.00.